The monoisotopic (exact) mass is 294 g/mol. The Balaban J connectivity index is 0.00000147. The minimum Gasteiger partial charge on any atom is -0.326 e. The molecule has 110 valence electrons. The molecule has 4 heteroatoms. The summed E-state index contributed by atoms with van der Waals surface area (Å²) in [6, 6.07) is 6.33. The second kappa shape index (κ2) is 7.09. The van der Waals surface area contributed by atoms with Crippen LogP contribution in [-0.2, 0) is 17.6 Å². The van der Waals surface area contributed by atoms with Crippen molar-refractivity contribution in [2.75, 3.05) is 18.4 Å². The Morgan fingerprint density at radius 3 is 2.70 bits per heavy atom. The summed E-state index contributed by atoms with van der Waals surface area (Å²) in [6.45, 7) is 1.93. The predicted molar refractivity (Wildman–Crippen MR) is 84.6 cm³/mol. The predicted octanol–water partition coefficient (Wildman–Crippen LogP) is 2.93. The van der Waals surface area contributed by atoms with E-state index in [-0.39, 0.29) is 24.2 Å². The molecule has 0 bridgehead atoms. The fourth-order valence-corrected chi connectivity index (χ4v) is 3.22. The second-order valence-electron chi connectivity index (χ2n) is 5.66. The summed E-state index contributed by atoms with van der Waals surface area (Å²) in [7, 11) is 0. The van der Waals surface area contributed by atoms with Gasteiger partial charge in [-0.25, -0.2) is 0 Å². The lowest BCUT2D eigenvalue weighted by Gasteiger charge is -2.24. The van der Waals surface area contributed by atoms with E-state index in [1.165, 1.54) is 24.0 Å². The van der Waals surface area contributed by atoms with Gasteiger partial charge < -0.3 is 10.6 Å². The lowest BCUT2D eigenvalue weighted by Crippen LogP contribution is -2.34. The van der Waals surface area contributed by atoms with E-state index >= 15 is 0 Å². The number of amides is 1. The van der Waals surface area contributed by atoms with Gasteiger partial charge in [0.05, 0.1) is 0 Å². The summed E-state index contributed by atoms with van der Waals surface area (Å²) in [6.07, 6.45) is 6.71. The molecule has 2 aliphatic rings. The number of hydrogen-bond acceptors (Lipinski definition) is 2. The van der Waals surface area contributed by atoms with E-state index in [0.29, 0.717) is 0 Å². The Bertz CT molecular complexity index is 470. The Labute approximate surface area is 126 Å². The number of carbonyl (C=O) groups excluding carboxylic acids is 1. The van der Waals surface area contributed by atoms with Gasteiger partial charge in [-0.15, -0.1) is 12.4 Å². The average Bonchev–Trinajstić information content (AvgIpc) is 2.48. The zero-order valence-corrected chi connectivity index (χ0v) is 12.6. The van der Waals surface area contributed by atoms with Gasteiger partial charge >= 0.3 is 0 Å². The number of halogens is 1. The molecule has 1 aliphatic heterocycles. The van der Waals surface area contributed by atoms with Crippen molar-refractivity contribution in [2.45, 2.75) is 38.5 Å². The number of hydrogen-bond donors (Lipinski definition) is 2. The average molecular weight is 295 g/mol. The summed E-state index contributed by atoms with van der Waals surface area (Å²) in [5.41, 5.74) is 3.85. The molecule has 0 aromatic heterocycles. The summed E-state index contributed by atoms with van der Waals surface area (Å²) in [5, 5.41) is 6.48. The van der Waals surface area contributed by atoms with E-state index in [1.54, 1.807) is 0 Å². The normalized spacial score (nSPS) is 18.8. The SMILES string of the molecule is Cl.O=C(Nc1cccc2c1CCCC2)C1CCNCC1. The first-order valence-electron chi connectivity index (χ1n) is 7.47. The van der Waals surface area contributed by atoms with Crippen LogP contribution in [0.25, 0.3) is 0 Å². The highest BCUT2D eigenvalue weighted by Crippen LogP contribution is 2.28. The standard InChI is InChI=1S/C16H22N2O.ClH/c19-16(13-8-10-17-11-9-13)18-15-7-3-5-12-4-1-2-6-14(12)15;/h3,5,7,13,17H,1-2,4,6,8-11H2,(H,18,19);1H. The van der Waals surface area contributed by atoms with E-state index in [9.17, 15) is 4.79 Å². The lowest BCUT2D eigenvalue weighted by atomic mass is 9.90. The van der Waals surface area contributed by atoms with E-state index in [2.05, 4.69) is 28.8 Å². The zero-order valence-electron chi connectivity index (χ0n) is 11.8. The fourth-order valence-electron chi connectivity index (χ4n) is 3.22. The molecule has 20 heavy (non-hydrogen) atoms. The first-order chi connectivity index (χ1) is 9.34. The maximum Gasteiger partial charge on any atom is 0.227 e. The van der Waals surface area contributed by atoms with Gasteiger partial charge in [-0.3, -0.25) is 4.79 Å². The van der Waals surface area contributed by atoms with E-state index in [0.717, 1.165) is 44.5 Å². The van der Waals surface area contributed by atoms with Crippen molar-refractivity contribution in [3.05, 3.63) is 29.3 Å². The molecule has 1 heterocycles. The van der Waals surface area contributed by atoms with Gasteiger partial charge in [0, 0.05) is 11.6 Å². The number of carbonyl (C=O) groups is 1. The highest BCUT2D eigenvalue weighted by molar-refractivity contribution is 5.93. The van der Waals surface area contributed by atoms with E-state index < -0.39 is 0 Å². The summed E-state index contributed by atoms with van der Waals surface area (Å²) < 4.78 is 0. The van der Waals surface area contributed by atoms with Gasteiger partial charge in [-0.05, 0) is 68.8 Å². The topological polar surface area (TPSA) is 41.1 Å². The maximum absolute atomic E-state index is 12.3. The molecule has 0 atom stereocenters. The highest BCUT2D eigenvalue weighted by atomic mass is 35.5. The third kappa shape index (κ3) is 3.33. The molecule has 1 aromatic carbocycles. The Kier molecular flexibility index (Phi) is 5.44. The van der Waals surface area contributed by atoms with Crippen LogP contribution in [-0.4, -0.2) is 19.0 Å². The first-order valence-corrected chi connectivity index (χ1v) is 7.47. The van der Waals surface area contributed by atoms with Crippen molar-refractivity contribution in [3.8, 4) is 0 Å². The molecule has 3 nitrogen and oxygen atoms in total. The number of fused-ring (bicyclic) bond motifs is 1. The van der Waals surface area contributed by atoms with Gasteiger partial charge in [0.15, 0.2) is 0 Å². The van der Waals surface area contributed by atoms with Crippen LogP contribution in [0.5, 0.6) is 0 Å². The maximum atomic E-state index is 12.3. The number of benzene rings is 1. The number of anilines is 1. The van der Waals surface area contributed by atoms with Crippen molar-refractivity contribution in [1.29, 1.82) is 0 Å². The van der Waals surface area contributed by atoms with Crippen LogP contribution in [0.1, 0.15) is 36.8 Å². The van der Waals surface area contributed by atoms with Crippen molar-refractivity contribution >= 4 is 24.0 Å². The van der Waals surface area contributed by atoms with Gasteiger partial charge in [0.1, 0.15) is 0 Å². The summed E-state index contributed by atoms with van der Waals surface area (Å²) >= 11 is 0. The molecule has 1 amide bonds. The van der Waals surface area contributed by atoms with E-state index in [1.807, 2.05) is 0 Å². The minimum absolute atomic E-state index is 0. The third-order valence-corrected chi connectivity index (χ3v) is 4.36. The van der Waals surface area contributed by atoms with Crippen molar-refractivity contribution in [3.63, 3.8) is 0 Å². The van der Waals surface area contributed by atoms with Gasteiger partial charge in [-0.1, -0.05) is 12.1 Å². The fraction of sp³-hybridized carbons (Fsp3) is 0.562. The largest absolute Gasteiger partial charge is 0.326 e. The number of rotatable bonds is 2. The number of piperidine rings is 1. The Morgan fingerprint density at radius 1 is 1.15 bits per heavy atom. The van der Waals surface area contributed by atoms with Crippen LogP contribution >= 0.6 is 12.4 Å². The van der Waals surface area contributed by atoms with E-state index in [4.69, 9.17) is 0 Å². The molecule has 0 saturated carbocycles. The van der Waals surface area contributed by atoms with Crippen LogP contribution in [0.4, 0.5) is 5.69 Å². The molecule has 1 aromatic rings. The van der Waals surface area contributed by atoms with Crippen LogP contribution in [0, 0.1) is 5.92 Å². The van der Waals surface area contributed by atoms with Crippen LogP contribution in [0.15, 0.2) is 18.2 Å². The smallest absolute Gasteiger partial charge is 0.227 e. The number of aryl methyl sites for hydroxylation is 1. The highest BCUT2D eigenvalue weighted by Gasteiger charge is 2.22. The van der Waals surface area contributed by atoms with Gasteiger partial charge in [-0.2, -0.15) is 0 Å². The molecular weight excluding hydrogens is 272 g/mol. The Hall–Kier alpha value is -1.06. The van der Waals surface area contributed by atoms with Crippen molar-refractivity contribution in [1.82, 2.24) is 5.32 Å². The summed E-state index contributed by atoms with van der Waals surface area (Å²) in [5.74, 6) is 0.390. The summed E-state index contributed by atoms with van der Waals surface area (Å²) in [4.78, 5) is 12.3. The third-order valence-electron chi connectivity index (χ3n) is 4.36. The Morgan fingerprint density at radius 2 is 1.90 bits per heavy atom. The zero-order chi connectivity index (χ0) is 13.1. The minimum atomic E-state index is 0. The van der Waals surface area contributed by atoms with Crippen LogP contribution in [0.2, 0.25) is 0 Å². The molecule has 1 aliphatic carbocycles. The second-order valence-corrected chi connectivity index (χ2v) is 5.66. The van der Waals surface area contributed by atoms with Gasteiger partial charge in [0.2, 0.25) is 5.91 Å². The van der Waals surface area contributed by atoms with Gasteiger partial charge in [0.25, 0.3) is 0 Å². The molecule has 0 unspecified atom stereocenters. The van der Waals surface area contributed by atoms with Crippen LogP contribution in [0.3, 0.4) is 0 Å². The lowest BCUT2D eigenvalue weighted by molar-refractivity contribution is -0.120. The van der Waals surface area contributed by atoms with Crippen molar-refractivity contribution in [2.24, 2.45) is 5.92 Å². The molecule has 3 rings (SSSR count). The van der Waals surface area contributed by atoms with Crippen LogP contribution < -0.4 is 10.6 Å². The van der Waals surface area contributed by atoms with Crippen molar-refractivity contribution < 1.29 is 4.79 Å². The number of nitrogens with one attached hydrogen (secondary N) is 2. The molecule has 1 saturated heterocycles. The molecule has 0 spiro atoms. The molecule has 1 fully saturated rings. The quantitative estimate of drug-likeness (QED) is 0.880. The molecule has 0 radical (unpaired) electrons. The first kappa shape index (κ1) is 15.3. The molecule has 2 N–H and O–H groups in total. The molecular formula is C16H23ClN2O.